The van der Waals surface area contributed by atoms with Gasteiger partial charge in [-0.15, -0.1) is 0 Å². The van der Waals surface area contributed by atoms with Gasteiger partial charge in [0.05, 0.1) is 24.4 Å². The quantitative estimate of drug-likeness (QED) is 0.694. The smallest absolute Gasteiger partial charge is 0.196 e. The second-order valence-corrected chi connectivity index (χ2v) is 7.13. The van der Waals surface area contributed by atoms with Gasteiger partial charge in [-0.1, -0.05) is 13.8 Å². The monoisotopic (exact) mass is 344 g/mol. The highest BCUT2D eigenvalue weighted by Gasteiger charge is 2.26. The molecule has 1 heterocycles. The van der Waals surface area contributed by atoms with Crippen LogP contribution in [0.15, 0.2) is 4.99 Å². The Bertz CT molecular complexity index is 370. The van der Waals surface area contributed by atoms with E-state index in [1.807, 2.05) is 20.9 Å². The van der Waals surface area contributed by atoms with Gasteiger partial charge in [0.25, 0.3) is 0 Å². The summed E-state index contributed by atoms with van der Waals surface area (Å²) in [7, 11) is 3.91. The molecule has 144 valence electrons. The highest BCUT2D eigenvalue weighted by atomic mass is 16.6. The number of rotatable bonds is 9. The summed E-state index contributed by atoms with van der Waals surface area (Å²) in [6.45, 7) is 17.0. The molecule has 0 atom stereocenters. The van der Waals surface area contributed by atoms with Gasteiger partial charge in [0, 0.05) is 33.7 Å². The van der Waals surface area contributed by atoms with E-state index in [9.17, 15) is 0 Å². The number of aliphatic imine (C=N–C) groups is 1. The number of hydrogen-bond donors (Lipinski definition) is 1. The Balaban J connectivity index is 0.00000254. The van der Waals surface area contributed by atoms with E-state index in [0.717, 1.165) is 32.0 Å². The van der Waals surface area contributed by atoms with Crippen molar-refractivity contribution in [2.45, 2.75) is 59.2 Å². The normalized spacial score (nSPS) is 17.3. The molecule has 1 saturated heterocycles. The van der Waals surface area contributed by atoms with E-state index >= 15 is 0 Å². The zero-order valence-electron chi connectivity index (χ0n) is 17.2. The Labute approximate surface area is 149 Å². The van der Waals surface area contributed by atoms with Gasteiger partial charge < -0.3 is 25.0 Å². The van der Waals surface area contributed by atoms with Crippen LogP contribution in [0.3, 0.4) is 0 Å². The Hall–Kier alpha value is -0.850. The number of nitrogens with zero attached hydrogens (tertiary/aromatic N) is 3. The van der Waals surface area contributed by atoms with E-state index in [2.05, 4.69) is 49.5 Å². The minimum Gasteiger partial charge on any atom is -0.373 e. The lowest BCUT2D eigenvalue weighted by Crippen LogP contribution is -2.40. The van der Waals surface area contributed by atoms with E-state index < -0.39 is 0 Å². The van der Waals surface area contributed by atoms with E-state index in [1.165, 1.54) is 0 Å². The molecule has 1 fully saturated rings. The highest BCUT2D eigenvalue weighted by molar-refractivity contribution is 5.81. The second-order valence-electron chi connectivity index (χ2n) is 7.13. The van der Waals surface area contributed by atoms with E-state index in [0.29, 0.717) is 19.8 Å². The number of likely N-dealkylation sites (N-methyl/N-ethyl adjacent to an activating group) is 1. The fourth-order valence-electron chi connectivity index (χ4n) is 2.50. The summed E-state index contributed by atoms with van der Waals surface area (Å²) >= 11 is 0. The van der Waals surface area contributed by atoms with Crippen LogP contribution in [0.25, 0.3) is 0 Å². The molecule has 0 spiro atoms. The average Bonchev–Trinajstić information content (AvgIpc) is 2.87. The minimum atomic E-state index is -0.305. The molecule has 0 aromatic rings. The Morgan fingerprint density at radius 2 is 1.71 bits per heavy atom. The third-order valence-corrected chi connectivity index (χ3v) is 3.94. The van der Waals surface area contributed by atoms with Crippen LogP contribution >= 0.6 is 0 Å². The second kappa shape index (κ2) is 10.9. The topological polar surface area (TPSA) is 63.3 Å². The molecule has 1 aliphatic heterocycles. The minimum absolute atomic E-state index is 0.199. The molecule has 6 heteroatoms. The van der Waals surface area contributed by atoms with Gasteiger partial charge in [-0.25, -0.2) is 0 Å². The van der Waals surface area contributed by atoms with Crippen LogP contribution in [-0.2, 0) is 9.47 Å². The van der Waals surface area contributed by atoms with Crippen molar-refractivity contribution in [1.29, 1.82) is 0 Å². The standard InChI is InChI=1S/C16H34N4O2.C2H6/c1-15(2,7-8-17)22-13-16(3,4)21-12-11-20-10-9-19(6)14(20)18-5;1-2/h7-13,17H2,1-6H3;1-2H3. The van der Waals surface area contributed by atoms with Crippen LogP contribution in [-0.4, -0.2) is 80.4 Å². The SMILES string of the molecule is CC.CN=C1N(C)CCN1CCOC(C)(C)COC(C)(C)CCN. The third kappa shape index (κ3) is 8.31. The summed E-state index contributed by atoms with van der Waals surface area (Å²) in [4.78, 5) is 8.76. The van der Waals surface area contributed by atoms with Crippen LogP contribution in [0.4, 0.5) is 0 Å². The molecule has 1 rings (SSSR count). The first-order valence-corrected chi connectivity index (χ1v) is 9.11. The van der Waals surface area contributed by atoms with Gasteiger partial charge in [-0.05, 0) is 40.7 Å². The molecule has 1 aliphatic rings. The number of ether oxygens (including phenoxy) is 2. The molecule has 2 N–H and O–H groups in total. The molecule has 0 saturated carbocycles. The van der Waals surface area contributed by atoms with E-state index in [4.69, 9.17) is 15.2 Å². The summed E-state index contributed by atoms with van der Waals surface area (Å²) in [5, 5.41) is 0. The van der Waals surface area contributed by atoms with Gasteiger partial charge in [0.2, 0.25) is 0 Å². The largest absolute Gasteiger partial charge is 0.373 e. The fraction of sp³-hybridized carbons (Fsp3) is 0.944. The lowest BCUT2D eigenvalue weighted by atomic mass is 10.0. The molecular formula is C18H40N4O2. The molecule has 0 bridgehead atoms. The molecule has 0 aromatic heterocycles. The van der Waals surface area contributed by atoms with Crippen LogP contribution in [0.2, 0.25) is 0 Å². The first-order valence-electron chi connectivity index (χ1n) is 9.11. The first kappa shape index (κ1) is 23.1. The fourth-order valence-corrected chi connectivity index (χ4v) is 2.50. The summed E-state index contributed by atoms with van der Waals surface area (Å²) in [6.07, 6.45) is 0.847. The third-order valence-electron chi connectivity index (χ3n) is 3.94. The predicted octanol–water partition coefficient (Wildman–Crippen LogP) is 2.19. The number of hydrogen-bond acceptors (Lipinski definition) is 4. The van der Waals surface area contributed by atoms with Crippen molar-refractivity contribution < 1.29 is 9.47 Å². The molecular weight excluding hydrogens is 304 g/mol. The maximum absolute atomic E-state index is 6.02. The van der Waals surface area contributed by atoms with Crippen molar-refractivity contribution >= 4 is 5.96 Å². The van der Waals surface area contributed by atoms with E-state index in [1.54, 1.807) is 0 Å². The van der Waals surface area contributed by atoms with Crippen molar-refractivity contribution in [2.75, 3.05) is 53.5 Å². The maximum atomic E-state index is 6.02. The van der Waals surface area contributed by atoms with Gasteiger partial charge >= 0.3 is 0 Å². The van der Waals surface area contributed by atoms with Crippen LogP contribution in [0.5, 0.6) is 0 Å². The van der Waals surface area contributed by atoms with Crippen molar-refractivity contribution in [3.05, 3.63) is 0 Å². The molecule has 6 nitrogen and oxygen atoms in total. The molecule has 0 unspecified atom stereocenters. The molecule has 24 heavy (non-hydrogen) atoms. The van der Waals surface area contributed by atoms with Gasteiger partial charge in [-0.2, -0.15) is 0 Å². The van der Waals surface area contributed by atoms with Crippen LogP contribution < -0.4 is 5.73 Å². The zero-order chi connectivity index (χ0) is 18.8. The molecule has 0 aliphatic carbocycles. The summed E-state index contributed by atoms with van der Waals surface area (Å²) in [5.41, 5.74) is 5.11. The average molecular weight is 345 g/mol. The van der Waals surface area contributed by atoms with Gasteiger partial charge in [0.1, 0.15) is 0 Å². The number of guanidine groups is 1. The van der Waals surface area contributed by atoms with Crippen molar-refractivity contribution in [3.63, 3.8) is 0 Å². The highest BCUT2D eigenvalue weighted by Crippen LogP contribution is 2.19. The molecule has 0 amide bonds. The zero-order valence-corrected chi connectivity index (χ0v) is 17.2. The van der Waals surface area contributed by atoms with E-state index in [-0.39, 0.29) is 11.2 Å². The van der Waals surface area contributed by atoms with Crippen LogP contribution in [0, 0.1) is 0 Å². The van der Waals surface area contributed by atoms with Crippen molar-refractivity contribution in [2.24, 2.45) is 10.7 Å². The summed E-state index contributed by atoms with van der Waals surface area (Å²) in [5.74, 6) is 1.04. The first-order chi connectivity index (χ1) is 11.2. The summed E-state index contributed by atoms with van der Waals surface area (Å²) in [6, 6.07) is 0. The Morgan fingerprint density at radius 1 is 1.08 bits per heavy atom. The van der Waals surface area contributed by atoms with Gasteiger partial charge in [0.15, 0.2) is 5.96 Å². The maximum Gasteiger partial charge on any atom is 0.196 e. The number of nitrogens with two attached hydrogens (primary N) is 1. The summed E-state index contributed by atoms with van der Waals surface area (Å²) < 4.78 is 12.0. The lowest BCUT2D eigenvalue weighted by Gasteiger charge is -2.32. The van der Waals surface area contributed by atoms with Crippen LogP contribution in [0.1, 0.15) is 48.0 Å². The van der Waals surface area contributed by atoms with Crippen molar-refractivity contribution in [3.8, 4) is 0 Å². The lowest BCUT2D eigenvalue weighted by molar-refractivity contribution is -0.122. The Morgan fingerprint density at radius 3 is 2.25 bits per heavy atom. The Kier molecular flexibility index (Phi) is 10.5. The molecule has 0 aromatic carbocycles. The van der Waals surface area contributed by atoms with Gasteiger partial charge in [-0.3, -0.25) is 4.99 Å². The molecule has 0 radical (unpaired) electrons. The predicted molar refractivity (Wildman–Crippen MR) is 103 cm³/mol. The van der Waals surface area contributed by atoms with Crippen molar-refractivity contribution in [1.82, 2.24) is 9.80 Å².